The third-order valence-corrected chi connectivity index (χ3v) is 3.46. The average molecular weight is 389 g/mol. The van der Waals surface area contributed by atoms with Crippen LogP contribution in [0, 0.1) is 0 Å². The number of carboxylic acids is 2. The van der Waals surface area contributed by atoms with Crippen molar-refractivity contribution in [2.75, 3.05) is 13.7 Å². The molecule has 0 aliphatic carbocycles. The van der Waals surface area contributed by atoms with E-state index in [-0.39, 0.29) is 12.6 Å². The SMILES string of the molecule is COC(=O)[C@H](COCc1ccccc1)NCc1ccccc1.O=C(O)C(=O)O. The molecule has 0 aromatic heterocycles. The Kier molecular flexibility index (Phi) is 10.6. The Labute approximate surface area is 162 Å². The molecule has 2 rings (SSSR count). The molecule has 0 bridgehead atoms. The maximum atomic E-state index is 11.8. The molecule has 2 aromatic carbocycles. The number of carboxylic acid groups (broad SMARTS) is 2. The van der Waals surface area contributed by atoms with Gasteiger partial charge in [-0.2, -0.15) is 0 Å². The van der Waals surface area contributed by atoms with Crippen molar-refractivity contribution in [3.05, 3.63) is 71.8 Å². The third-order valence-electron chi connectivity index (χ3n) is 3.46. The first-order chi connectivity index (χ1) is 13.4. The van der Waals surface area contributed by atoms with Crippen molar-refractivity contribution in [3.63, 3.8) is 0 Å². The number of methoxy groups -OCH3 is 1. The standard InChI is InChI=1S/C18H21NO3.C2H2O4/c1-21-18(20)17(19-12-15-8-4-2-5-9-15)14-22-13-16-10-6-3-7-11-16;3-1(4)2(5)6/h2-11,17,19H,12-14H2,1H3;(H,3,4)(H,5,6)/t17-;/m0./s1. The molecular weight excluding hydrogens is 366 g/mol. The van der Waals surface area contributed by atoms with Gasteiger partial charge in [-0.1, -0.05) is 60.7 Å². The van der Waals surface area contributed by atoms with Crippen molar-refractivity contribution >= 4 is 17.9 Å². The summed E-state index contributed by atoms with van der Waals surface area (Å²) in [5, 5.41) is 18.0. The van der Waals surface area contributed by atoms with Gasteiger partial charge in [-0.05, 0) is 11.1 Å². The van der Waals surface area contributed by atoms with E-state index in [0.717, 1.165) is 11.1 Å². The minimum atomic E-state index is -1.82. The Bertz CT molecular complexity index is 723. The van der Waals surface area contributed by atoms with Crippen LogP contribution in [0.1, 0.15) is 11.1 Å². The maximum absolute atomic E-state index is 11.8. The molecular formula is C20H23NO7. The van der Waals surface area contributed by atoms with E-state index >= 15 is 0 Å². The summed E-state index contributed by atoms with van der Waals surface area (Å²) in [6, 6.07) is 19.3. The van der Waals surface area contributed by atoms with Gasteiger partial charge in [0.05, 0.1) is 20.3 Å². The first-order valence-corrected chi connectivity index (χ1v) is 8.37. The zero-order chi connectivity index (χ0) is 20.8. The summed E-state index contributed by atoms with van der Waals surface area (Å²) in [6.07, 6.45) is 0. The number of rotatable bonds is 8. The van der Waals surface area contributed by atoms with E-state index in [9.17, 15) is 4.79 Å². The number of benzene rings is 2. The lowest BCUT2D eigenvalue weighted by Crippen LogP contribution is -2.41. The summed E-state index contributed by atoms with van der Waals surface area (Å²) in [5.74, 6) is -3.96. The van der Waals surface area contributed by atoms with E-state index in [1.165, 1.54) is 7.11 Å². The lowest BCUT2D eigenvalue weighted by Gasteiger charge is -2.16. The Morgan fingerprint density at radius 3 is 1.86 bits per heavy atom. The molecule has 0 amide bonds. The van der Waals surface area contributed by atoms with Gasteiger partial charge < -0.3 is 19.7 Å². The summed E-state index contributed by atoms with van der Waals surface area (Å²) in [4.78, 5) is 30.0. The normalized spacial score (nSPS) is 10.9. The zero-order valence-corrected chi connectivity index (χ0v) is 15.4. The van der Waals surface area contributed by atoms with Crippen molar-refractivity contribution in [1.82, 2.24) is 5.32 Å². The number of esters is 1. The van der Waals surface area contributed by atoms with E-state index in [4.69, 9.17) is 29.3 Å². The number of hydrogen-bond acceptors (Lipinski definition) is 6. The predicted octanol–water partition coefficient (Wildman–Crippen LogP) is 1.69. The van der Waals surface area contributed by atoms with Crippen LogP contribution in [0.2, 0.25) is 0 Å². The maximum Gasteiger partial charge on any atom is 0.414 e. The van der Waals surface area contributed by atoms with Crippen molar-refractivity contribution < 1.29 is 34.1 Å². The number of nitrogens with one attached hydrogen (secondary N) is 1. The van der Waals surface area contributed by atoms with Crippen LogP contribution in [0.15, 0.2) is 60.7 Å². The number of aliphatic carboxylic acids is 2. The third kappa shape index (κ3) is 9.46. The van der Waals surface area contributed by atoms with Crippen molar-refractivity contribution in [3.8, 4) is 0 Å². The highest BCUT2D eigenvalue weighted by Gasteiger charge is 2.18. The molecule has 0 radical (unpaired) electrons. The largest absolute Gasteiger partial charge is 0.473 e. The fourth-order valence-corrected chi connectivity index (χ4v) is 2.06. The quantitative estimate of drug-likeness (QED) is 0.461. The van der Waals surface area contributed by atoms with E-state index in [1.54, 1.807) is 0 Å². The summed E-state index contributed by atoms with van der Waals surface area (Å²) < 4.78 is 10.5. The Morgan fingerprint density at radius 2 is 1.39 bits per heavy atom. The molecule has 1 atom stereocenters. The van der Waals surface area contributed by atoms with Crippen LogP contribution >= 0.6 is 0 Å². The van der Waals surface area contributed by atoms with Crippen LogP contribution in [0.25, 0.3) is 0 Å². The molecule has 3 N–H and O–H groups in total. The zero-order valence-electron chi connectivity index (χ0n) is 15.4. The van der Waals surface area contributed by atoms with Gasteiger partial charge in [0.25, 0.3) is 0 Å². The summed E-state index contributed by atoms with van der Waals surface area (Å²) in [7, 11) is 1.39. The second kappa shape index (κ2) is 13.0. The van der Waals surface area contributed by atoms with Crippen LogP contribution in [0.4, 0.5) is 0 Å². The predicted molar refractivity (Wildman–Crippen MR) is 100 cm³/mol. The van der Waals surface area contributed by atoms with Crippen molar-refractivity contribution in [1.29, 1.82) is 0 Å². The van der Waals surface area contributed by atoms with Crippen LogP contribution in [0.3, 0.4) is 0 Å². The number of hydrogen-bond donors (Lipinski definition) is 3. The van der Waals surface area contributed by atoms with Gasteiger partial charge >= 0.3 is 17.9 Å². The Balaban J connectivity index is 0.000000568. The van der Waals surface area contributed by atoms with Gasteiger partial charge in [-0.3, -0.25) is 10.1 Å². The highest BCUT2D eigenvalue weighted by Crippen LogP contribution is 2.03. The van der Waals surface area contributed by atoms with Gasteiger partial charge in [0.15, 0.2) is 0 Å². The molecule has 0 spiro atoms. The summed E-state index contributed by atoms with van der Waals surface area (Å²) >= 11 is 0. The van der Waals surface area contributed by atoms with Gasteiger partial charge in [0.2, 0.25) is 0 Å². The highest BCUT2D eigenvalue weighted by molar-refractivity contribution is 6.27. The lowest BCUT2D eigenvalue weighted by molar-refractivity contribution is -0.159. The molecule has 0 aliphatic rings. The van der Waals surface area contributed by atoms with Crippen LogP contribution < -0.4 is 5.32 Å². The first kappa shape index (κ1) is 22.8. The average Bonchev–Trinajstić information content (AvgIpc) is 2.72. The number of carbonyl (C=O) groups is 3. The monoisotopic (exact) mass is 389 g/mol. The van der Waals surface area contributed by atoms with Crippen molar-refractivity contribution in [2.45, 2.75) is 19.2 Å². The molecule has 0 fully saturated rings. The van der Waals surface area contributed by atoms with E-state index in [2.05, 4.69) is 5.32 Å². The number of carbonyl (C=O) groups excluding carboxylic acids is 1. The first-order valence-electron chi connectivity index (χ1n) is 8.37. The van der Waals surface area contributed by atoms with Crippen LogP contribution in [0.5, 0.6) is 0 Å². The smallest absolute Gasteiger partial charge is 0.414 e. The molecule has 0 heterocycles. The highest BCUT2D eigenvalue weighted by atomic mass is 16.5. The molecule has 8 heteroatoms. The molecule has 0 saturated carbocycles. The molecule has 0 unspecified atom stereocenters. The second-order valence-corrected chi connectivity index (χ2v) is 5.55. The summed E-state index contributed by atoms with van der Waals surface area (Å²) in [6.45, 7) is 1.34. The van der Waals surface area contributed by atoms with E-state index in [0.29, 0.717) is 13.2 Å². The molecule has 150 valence electrons. The topological polar surface area (TPSA) is 122 Å². The molecule has 0 aliphatic heterocycles. The van der Waals surface area contributed by atoms with Gasteiger partial charge in [0, 0.05) is 6.54 Å². The molecule has 2 aromatic rings. The molecule has 0 saturated heterocycles. The van der Waals surface area contributed by atoms with Gasteiger partial charge in [-0.15, -0.1) is 0 Å². The van der Waals surface area contributed by atoms with E-state index < -0.39 is 18.0 Å². The minimum Gasteiger partial charge on any atom is -0.473 e. The van der Waals surface area contributed by atoms with Gasteiger partial charge in [-0.25, -0.2) is 9.59 Å². The molecule has 28 heavy (non-hydrogen) atoms. The number of ether oxygens (including phenoxy) is 2. The van der Waals surface area contributed by atoms with Crippen molar-refractivity contribution in [2.24, 2.45) is 0 Å². The lowest BCUT2D eigenvalue weighted by atomic mass is 10.2. The summed E-state index contributed by atoms with van der Waals surface area (Å²) in [5.41, 5.74) is 2.19. The van der Waals surface area contributed by atoms with Crippen LogP contribution in [-0.2, 0) is 37.0 Å². The Morgan fingerprint density at radius 1 is 0.893 bits per heavy atom. The van der Waals surface area contributed by atoms with Crippen LogP contribution in [-0.4, -0.2) is 47.9 Å². The minimum absolute atomic E-state index is 0.272. The fraction of sp³-hybridized carbons (Fsp3) is 0.250. The fourth-order valence-electron chi connectivity index (χ4n) is 2.06. The Hall–Kier alpha value is -3.23. The van der Waals surface area contributed by atoms with E-state index in [1.807, 2.05) is 60.7 Å². The second-order valence-electron chi connectivity index (χ2n) is 5.55. The van der Waals surface area contributed by atoms with Gasteiger partial charge in [0.1, 0.15) is 6.04 Å². The molecule has 8 nitrogen and oxygen atoms in total.